The fourth-order valence-electron chi connectivity index (χ4n) is 1.56. The minimum absolute atomic E-state index is 0.0839. The van der Waals surface area contributed by atoms with E-state index in [2.05, 4.69) is 0 Å². The van der Waals surface area contributed by atoms with Crippen molar-refractivity contribution in [1.29, 1.82) is 0 Å². The fourth-order valence-corrected chi connectivity index (χ4v) is 1.56. The number of hydrogen-bond acceptors (Lipinski definition) is 3. The van der Waals surface area contributed by atoms with E-state index in [4.69, 9.17) is 0 Å². The number of benzene rings is 1. The van der Waals surface area contributed by atoms with Crippen LogP contribution in [0.3, 0.4) is 0 Å². The fraction of sp³-hybridized carbons (Fsp3) is 0.300. The van der Waals surface area contributed by atoms with E-state index in [1.54, 1.807) is 0 Å². The third kappa shape index (κ3) is 1.72. The lowest BCUT2D eigenvalue weighted by Crippen LogP contribution is -1.98. The highest BCUT2D eigenvalue weighted by atomic mass is 19.1. The molecule has 1 saturated carbocycles. The maximum absolute atomic E-state index is 13.2. The topological polar surface area (TPSA) is 60.2 Å². The number of nitro benzene ring substituents is 1. The summed E-state index contributed by atoms with van der Waals surface area (Å²) in [6, 6.07) is 2.12. The minimum atomic E-state index is -0.683. The van der Waals surface area contributed by atoms with Crippen LogP contribution in [0.1, 0.15) is 34.7 Å². The van der Waals surface area contributed by atoms with E-state index in [0.717, 1.165) is 25.0 Å². The minimum Gasteiger partial charge on any atom is -0.298 e. The van der Waals surface area contributed by atoms with Crippen LogP contribution in [0, 0.1) is 15.9 Å². The first kappa shape index (κ1) is 9.76. The second kappa shape index (κ2) is 3.42. The number of nitrogens with zero attached hydrogens (tertiary/aromatic N) is 1. The Balaban J connectivity index is 2.57. The number of nitro groups is 1. The molecule has 0 atom stereocenters. The summed E-state index contributed by atoms with van der Waals surface area (Å²) in [4.78, 5) is 20.6. The molecule has 5 heteroatoms. The predicted octanol–water partition coefficient (Wildman–Crippen LogP) is 2.42. The highest BCUT2D eigenvalue weighted by Crippen LogP contribution is 2.44. The van der Waals surface area contributed by atoms with Crippen LogP contribution in [0.2, 0.25) is 0 Å². The van der Waals surface area contributed by atoms with Crippen LogP contribution in [-0.2, 0) is 0 Å². The van der Waals surface area contributed by atoms with Crippen molar-refractivity contribution in [2.75, 3.05) is 0 Å². The van der Waals surface area contributed by atoms with Crippen molar-refractivity contribution in [2.45, 2.75) is 18.8 Å². The number of carbonyl (C=O) groups is 1. The van der Waals surface area contributed by atoms with Crippen molar-refractivity contribution in [2.24, 2.45) is 0 Å². The number of halogens is 1. The van der Waals surface area contributed by atoms with Gasteiger partial charge in [-0.1, -0.05) is 0 Å². The highest BCUT2D eigenvalue weighted by molar-refractivity contribution is 5.77. The third-order valence-corrected chi connectivity index (χ3v) is 2.49. The molecule has 2 rings (SSSR count). The zero-order valence-corrected chi connectivity index (χ0v) is 7.77. The summed E-state index contributed by atoms with van der Waals surface area (Å²) in [7, 11) is 0. The molecule has 1 aliphatic carbocycles. The molecule has 0 saturated heterocycles. The Bertz CT molecular complexity index is 441. The van der Waals surface area contributed by atoms with Gasteiger partial charge in [0.1, 0.15) is 5.82 Å². The molecule has 1 aliphatic rings. The molecule has 4 nitrogen and oxygen atoms in total. The largest absolute Gasteiger partial charge is 0.298 e. The summed E-state index contributed by atoms with van der Waals surface area (Å²) < 4.78 is 13.2. The second-order valence-electron chi connectivity index (χ2n) is 3.58. The van der Waals surface area contributed by atoms with E-state index in [-0.39, 0.29) is 17.2 Å². The molecule has 1 aromatic rings. The molecule has 0 radical (unpaired) electrons. The molecule has 0 aliphatic heterocycles. The van der Waals surface area contributed by atoms with Gasteiger partial charge in [0.15, 0.2) is 6.29 Å². The zero-order chi connectivity index (χ0) is 11.0. The molecular weight excluding hydrogens is 201 g/mol. The molecular formula is C10H8FNO3. The van der Waals surface area contributed by atoms with Crippen LogP contribution in [0.25, 0.3) is 0 Å². The number of hydrogen-bond donors (Lipinski definition) is 0. The first-order valence-corrected chi connectivity index (χ1v) is 4.56. The van der Waals surface area contributed by atoms with Crippen molar-refractivity contribution >= 4 is 12.0 Å². The molecule has 15 heavy (non-hydrogen) atoms. The number of carbonyl (C=O) groups excluding carboxylic acids is 1. The highest BCUT2D eigenvalue weighted by Gasteiger charge is 2.31. The summed E-state index contributed by atoms with van der Waals surface area (Å²) in [5, 5.41) is 10.7. The molecule has 0 bridgehead atoms. The van der Waals surface area contributed by atoms with Gasteiger partial charge in [0.2, 0.25) is 0 Å². The Labute approximate surface area is 84.9 Å². The molecule has 0 heterocycles. The first-order chi connectivity index (χ1) is 7.13. The standard InChI is InChI=1S/C10H8FNO3/c11-9-4-8(6-1-2-6)10(12(14)15)3-7(9)5-13/h3-6H,1-2H2. The zero-order valence-electron chi connectivity index (χ0n) is 7.77. The van der Waals surface area contributed by atoms with Gasteiger partial charge in [0, 0.05) is 11.6 Å². The molecule has 0 spiro atoms. The van der Waals surface area contributed by atoms with Crippen LogP contribution < -0.4 is 0 Å². The molecule has 1 aromatic carbocycles. The van der Waals surface area contributed by atoms with Gasteiger partial charge in [-0.3, -0.25) is 14.9 Å². The van der Waals surface area contributed by atoms with Crippen molar-refractivity contribution in [3.8, 4) is 0 Å². The quantitative estimate of drug-likeness (QED) is 0.436. The van der Waals surface area contributed by atoms with Crippen molar-refractivity contribution in [3.05, 3.63) is 39.2 Å². The van der Waals surface area contributed by atoms with Gasteiger partial charge in [-0.2, -0.15) is 0 Å². The van der Waals surface area contributed by atoms with Gasteiger partial charge in [0.25, 0.3) is 5.69 Å². The van der Waals surface area contributed by atoms with Gasteiger partial charge in [-0.05, 0) is 24.8 Å². The molecule has 0 unspecified atom stereocenters. The van der Waals surface area contributed by atoms with E-state index in [0.29, 0.717) is 11.8 Å². The van der Waals surface area contributed by atoms with Gasteiger partial charge in [0.05, 0.1) is 10.5 Å². The number of rotatable bonds is 3. The van der Waals surface area contributed by atoms with Gasteiger partial charge in [-0.25, -0.2) is 4.39 Å². The summed E-state index contributed by atoms with van der Waals surface area (Å²) in [5.74, 6) is -0.599. The Kier molecular flexibility index (Phi) is 2.22. The number of aldehydes is 1. The van der Waals surface area contributed by atoms with Crippen molar-refractivity contribution < 1.29 is 14.1 Å². The average molecular weight is 209 g/mol. The van der Waals surface area contributed by atoms with Crippen LogP contribution >= 0.6 is 0 Å². The summed E-state index contributed by atoms with van der Waals surface area (Å²) in [6.45, 7) is 0. The Hall–Kier alpha value is -1.78. The maximum Gasteiger partial charge on any atom is 0.273 e. The van der Waals surface area contributed by atoms with Crippen LogP contribution in [0.5, 0.6) is 0 Å². The van der Waals surface area contributed by atoms with E-state index in [1.807, 2.05) is 0 Å². The predicted molar refractivity (Wildman–Crippen MR) is 50.4 cm³/mol. The molecule has 0 amide bonds. The Morgan fingerprint density at radius 2 is 2.13 bits per heavy atom. The normalized spacial score (nSPS) is 15.0. The Morgan fingerprint density at radius 1 is 1.47 bits per heavy atom. The van der Waals surface area contributed by atoms with E-state index >= 15 is 0 Å². The second-order valence-corrected chi connectivity index (χ2v) is 3.58. The summed E-state index contributed by atoms with van der Waals surface area (Å²) in [6.07, 6.45) is 1.99. The lowest BCUT2D eigenvalue weighted by Gasteiger charge is -2.02. The smallest absolute Gasteiger partial charge is 0.273 e. The monoisotopic (exact) mass is 209 g/mol. The molecule has 0 N–H and O–H groups in total. The SMILES string of the molecule is O=Cc1cc([N+](=O)[O-])c(C2CC2)cc1F. The van der Waals surface area contributed by atoms with Gasteiger partial charge >= 0.3 is 0 Å². The van der Waals surface area contributed by atoms with Crippen molar-refractivity contribution in [3.63, 3.8) is 0 Å². The summed E-state index contributed by atoms with van der Waals surface area (Å²) >= 11 is 0. The van der Waals surface area contributed by atoms with Gasteiger partial charge in [-0.15, -0.1) is 0 Å². The van der Waals surface area contributed by atoms with Crippen LogP contribution in [-0.4, -0.2) is 11.2 Å². The Morgan fingerprint density at radius 3 is 2.60 bits per heavy atom. The van der Waals surface area contributed by atoms with E-state index < -0.39 is 10.7 Å². The van der Waals surface area contributed by atoms with E-state index in [9.17, 15) is 19.3 Å². The van der Waals surface area contributed by atoms with E-state index in [1.165, 1.54) is 0 Å². The third-order valence-electron chi connectivity index (χ3n) is 2.49. The van der Waals surface area contributed by atoms with Crippen LogP contribution in [0.4, 0.5) is 10.1 Å². The lowest BCUT2D eigenvalue weighted by molar-refractivity contribution is -0.385. The first-order valence-electron chi connectivity index (χ1n) is 4.56. The van der Waals surface area contributed by atoms with Crippen molar-refractivity contribution in [1.82, 2.24) is 0 Å². The lowest BCUT2D eigenvalue weighted by atomic mass is 10.1. The molecule has 1 fully saturated rings. The maximum atomic E-state index is 13.2. The molecule has 0 aromatic heterocycles. The summed E-state index contributed by atoms with van der Waals surface area (Å²) in [5.41, 5.74) is -0.00444. The van der Waals surface area contributed by atoms with Crippen LogP contribution in [0.15, 0.2) is 12.1 Å². The van der Waals surface area contributed by atoms with Gasteiger partial charge < -0.3 is 0 Å². The molecule has 78 valence electrons. The average Bonchev–Trinajstić information content (AvgIpc) is 3.00.